The fourth-order valence-electron chi connectivity index (χ4n) is 1.42. The molecular weight excluding hydrogens is 351 g/mol. The average molecular weight is 362 g/mol. The monoisotopic (exact) mass is 360 g/mol. The number of rotatable bonds is 5. The molecule has 0 amide bonds. The van der Waals surface area contributed by atoms with Crippen LogP contribution in [0.1, 0.15) is 0 Å². The van der Waals surface area contributed by atoms with Gasteiger partial charge in [0.15, 0.2) is 0 Å². The summed E-state index contributed by atoms with van der Waals surface area (Å²) in [5, 5.41) is 0.994. The van der Waals surface area contributed by atoms with Crippen LogP contribution in [0.4, 0.5) is 0 Å². The molecule has 0 spiro atoms. The van der Waals surface area contributed by atoms with Crippen molar-refractivity contribution in [2.24, 2.45) is 0 Å². The van der Waals surface area contributed by atoms with Gasteiger partial charge >= 0.3 is 0 Å². The van der Waals surface area contributed by atoms with Crippen molar-refractivity contribution in [3.8, 4) is 11.5 Å². The first-order chi connectivity index (χ1) is 9.15. The smallest absolute Gasteiger partial charge is 0.122 e. The molecular formula is C14H11BrCl2O2. The van der Waals surface area contributed by atoms with Gasteiger partial charge in [0.1, 0.15) is 24.7 Å². The van der Waals surface area contributed by atoms with E-state index >= 15 is 0 Å². The third kappa shape index (κ3) is 4.60. The van der Waals surface area contributed by atoms with Crippen LogP contribution in [0.3, 0.4) is 0 Å². The third-order valence-electron chi connectivity index (χ3n) is 2.33. The quantitative estimate of drug-likeness (QED) is 0.680. The maximum absolute atomic E-state index is 5.89. The molecule has 0 radical (unpaired) electrons. The Labute approximate surface area is 130 Å². The number of hydrogen-bond donors (Lipinski definition) is 0. The Balaban J connectivity index is 1.77. The van der Waals surface area contributed by atoms with Crippen molar-refractivity contribution in [1.82, 2.24) is 0 Å². The molecule has 0 heterocycles. The fourth-order valence-corrected chi connectivity index (χ4v) is 1.97. The van der Waals surface area contributed by atoms with Gasteiger partial charge in [0.25, 0.3) is 0 Å². The molecule has 0 aromatic heterocycles. The average Bonchev–Trinajstić information content (AvgIpc) is 2.41. The Morgan fingerprint density at radius 2 is 1.37 bits per heavy atom. The highest BCUT2D eigenvalue weighted by molar-refractivity contribution is 9.10. The Bertz CT molecular complexity index is 544. The van der Waals surface area contributed by atoms with Crippen molar-refractivity contribution in [2.75, 3.05) is 13.2 Å². The molecule has 19 heavy (non-hydrogen) atoms. The largest absolute Gasteiger partial charge is 0.490 e. The van der Waals surface area contributed by atoms with Gasteiger partial charge in [0.05, 0.1) is 10.0 Å². The lowest BCUT2D eigenvalue weighted by Crippen LogP contribution is -2.08. The lowest BCUT2D eigenvalue weighted by Gasteiger charge is -2.09. The van der Waals surface area contributed by atoms with Crippen LogP contribution in [-0.4, -0.2) is 13.2 Å². The summed E-state index contributed by atoms with van der Waals surface area (Å²) in [6.07, 6.45) is 0. The van der Waals surface area contributed by atoms with Crippen LogP contribution in [-0.2, 0) is 0 Å². The van der Waals surface area contributed by atoms with Crippen LogP contribution in [0, 0.1) is 0 Å². The van der Waals surface area contributed by atoms with Crippen molar-refractivity contribution >= 4 is 39.1 Å². The SMILES string of the molecule is Clc1ccc(OCCOc2ccc(Br)cc2)cc1Cl. The van der Waals surface area contributed by atoms with Gasteiger partial charge in [-0.05, 0) is 36.4 Å². The molecule has 100 valence electrons. The lowest BCUT2D eigenvalue weighted by molar-refractivity contribution is 0.217. The molecule has 0 unspecified atom stereocenters. The van der Waals surface area contributed by atoms with Gasteiger partial charge in [0, 0.05) is 10.5 Å². The molecule has 0 N–H and O–H groups in total. The van der Waals surface area contributed by atoms with Crippen LogP contribution in [0.2, 0.25) is 10.0 Å². The summed E-state index contributed by atoms with van der Waals surface area (Å²) in [4.78, 5) is 0. The summed E-state index contributed by atoms with van der Waals surface area (Å²) in [5.41, 5.74) is 0. The highest BCUT2D eigenvalue weighted by Crippen LogP contribution is 2.26. The molecule has 0 bridgehead atoms. The second-order valence-electron chi connectivity index (χ2n) is 3.73. The van der Waals surface area contributed by atoms with Crippen LogP contribution in [0.25, 0.3) is 0 Å². The molecule has 2 nitrogen and oxygen atoms in total. The second kappa shape index (κ2) is 7.04. The Morgan fingerprint density at radius 1 is 0.789 bits per heavy atom. The minimum absolute atomic E-state index is 0.439. The molecule has 2 rings (SSSR count). The van der Waals surface area contributed by atoms with E-state index in [9.17, 15) is 0 Å². The number of halogens is 3. The van der Waals surface area contributed by atoms with Gasteiger partial charge in [0.2, 0.25) is 0 Å². The van der Waals surface area contributed by atoms with E-state index in [2.05, 4.69) is 15.9 Å². The van der Waals surface area contributed by atoms with Gasteiger partial charge in [-0.1, -0.05) is 39.1 Å². The minimum Gasteiger partial charge on any atom is -0.490 e. The first kappa shape index (κ1) is 14.5. The van der Waals surface area contributed by atoms with Crippen LogP contribution < -0.4 is 9.47 Å². The van der Waals surface area contributed by atoms with Crippen molar-refractivity contribution in [3.05, 3.63) is 57.0 Å². The van der Waals surface area contributed by atoms with E-state index in [1.165, 1.54) is 0 Å². The predicted molar refractivity (Wildman–Crippen MR) is 81.6 cm³/mol. The standard InChI is InChI=1S/C14H11BrCl2O2/c15-10-1-3-11(4-2-10)18-7-8-19-12-5-6-13(16)14(17)9-12/h1-6,9H,7-8H2. The first-order valence-electron chi connectivity index (χ1n) is 5.61. The van der Waals surface area contributed by atoms with E-state index in [1.54, 1.807) is 18.2 Å². The molecule has 0 aliphatic heterocycles. The van der Waals surface area contributed by atoms with Gasteiger partial charge in [-0.2, -0.15) is 0 Å². The summed E-state index contributed by atoms with van der Waals surface area (Å²) < 4.78 is 12.1. The molecule has 0 fully saturated rings. The summed E-state index contributed by atoms with van der Waals surface area (Å²) >= 11 is 15.1. The zero-order chi connectivity index (χ0) is 13.7. The van der Waals surface area contributed by atoms with Crippen molar-refractivity contribution in [1.29, 1.82) is 0 Å². The lowest BCUT2D eigenvalue weighted by atomic mass is 10.3. The Hall–Kier alpha value is -0.900. The van der Waals surface area contributed by atoms with Crippen molar-refractivity contribution in [2.45, 2.75) is 0 Å². The Morgan fingerprint density at radius 3 is 2.00 bits per heavy atom. The Kier molecular flexibility index (Phi) is 5.37. The molecule has 0 saturated carbocycles. The van der Waals surface area contributed by atoms with Crippen molar-refractivity contribution < 1.29 is 9.47 Å². The normalized spacial score (nSPS) is 10.3. The zero-order valence-electron chi connectivity index (χ0n) is 9.91. The first-order valence-corrected chi connectivity index (χ1v) is 7.16. The topological polar surface area (TPSA) is 18.5 Å². The number of benzene rings is 2. The van der Waals surface area contributed by atoms with Gasteiger partial charge in [-0.15, -0.1) is 0 Å². The minimum atomic E-state index is 0.439. The molecule has 0 aliphatic carbocycles. The van der Waals surface area contributed by atoms with Gasteiger partial charge in [-0.3, -0.25) is 0 Å². The molecule has 0 aliphatic rings. The van der Waals surface area contributed by atoms with Crippen LogP contribution >= 0.6 is 39.1 Å². The van der Waals surface area contributed by atoms with E-state index in [0.29, 0.717) is 29.0 Å². The number of hydrogen-bond acceptors (Lipinski definition) is 2. The molecule has 2 aromatic carbocycles. The summed E-state index contributed by atoms with van der Waals surface area (Å²) in [6.45, 7) is 0.899. The molecule has 5 heteroatoms. The summed E-state index contributed by atoms with van der Waals surface area (Å²) in [5.74, 6) is 1.48. The van der Waals surface area contributed by atoms with Crippen LogP contribution in [0.5, 0.6) is 11.5 Å². The summed E-state index contributed by atoms with van der Waals surface area (Å²) in [6, 6.07) is 12.8. The maximum atomic E-state index is 5.89. The van der Waals surface area contributed by atoms with Gasteiger partial charge < -0.3 is 9.47 Å². The van der Waals surface area contributed by atoms with E-state index in [4.69, 9.17) is 32.7 Å². The molecule has 0 atom stereocenters. The summed E-state index contributed by atoms with van der Waals surface area (Å²) in [7, 11) is 0. The highest BCUT2D eigenvalue weighted by Gasteiger charge is 2.00. The molecule has 2 aromatic rings. The van der Waals surface area contributed by atoms with E-state index in [-0.39, 0.29) is 0 Å². The van der Waals surface area contributed by atoms with E-state index < -0.39 is 0 Å². The van der Waals surface area contributed by atoms with Crippen LogP contribution in [0.15, 0.2) is 46.9 Å². The third-order valence-corrected chi connectivity index (χ3v) is 3.59. The zero-order valence-corrected chi connectivity index (χ0v) is 13.0. The molecule has 0 saturated heterocycles. The highest BCUT2D eigenvalue weighted by atomic mass is 79.9. The van der Waals surface area contributed by atoms with Gasteiger partial charge in [-0.25, -0.2) is 0 Å². The predicted octanol–water partition coefficient (Wildman–Crippen LogP) is 5.21. The van der Waals surface area contributed by atoms with Crippen molar-refractivity contribution in [3.63, 3.8) is 0 Å². The second-order valence-corrected chi connectivity index (χ2v) is 5.46. The fraction of sp³-hybridized carbons (Fsp3) is 0.143. The van der Waals surface area contributed by atoms with E-state index in [1.807, 2.05) is 24.3 Å². The van der Waals surface area contributed by atoms with E-state index in [0.717, 1.165) is 10.2 Å². The maximum Gasteiger partial charge on any atom is 0.122 e. The number of ether oxygens (including phenoxy) is 2.